The molecule has 1 aromatic carbocycles. The molecule has 1 unspecified atom stereocenters. The van der Waals surface area contributed by atoms with Gasteiger partial charge >= 0.3 is 6.03 Å². The Bertz CT molecular complexity index is 806. The number of amides is 2. The molecule has 1 aliphatic rings. The maximum atomic E-state index is 12.3. The molecule has 2 aromatic rings. The second-order valence-corrected chi connectivity index (χ2v) is 6.88. The van der Waals surface area contributed by atoms with Crippen molar-refractivity contribution in [1.29, 1.82) is 0 Å². The van der Waals surface area contributed by atoms with E-state index in [0.717, 1.165) is 30.0 Å². The van der Waals surface area contributed by atoms with Gasteiger partial charge in [0.2, 0.25) is 0 Å². The molecule has 0 radical (unpaired) electrons. The molecule has 2 N–H and O–H groups in total. The summed E-state index contributed by atoms with van der Waals surface area (Å²) in [4.78, 5) is 19.0. The van der Waals surface area contributed by atoms with Crippen molar-refractivity contribution in [2.45, 2.75) is 32.4 Å². The van der Waals surface area contributed by atoms with Gasteiger partial charge in [-0.05, 0) is 55.2 Å². The van der Waals surface area contributed by atoms with Gasteiger partial charge in [-0.15, -0.1) is 0 Å². The minimum absolute atomic E-state index is 0.169. The van der Waals surface area contributed by atoms with Crippen LogP contribution in [0.1, 0.15) is 36.9 Å². The predicted octanol–water partition coefficient (Wildman–Crippen LogP) is 3.26. The zero-order valence-corrected chi connectivity index (χ0v) is 16.7. The Labute approximate surface area is 166 Å². The fourth-order valence-electron chi connectivity index (χ4n) is 3.33. The van der Waals surface area contributed by atoms with E-state index in [4.69, 9.17) is 9.47 Å². The van der Waals surface area contributed by atoms with E-state index in [2.05, 4.69) is 20.5 Å². The Balaban J connectivity index is 1.55. The minimum atomic E-state index is -0.221. The normalized spacial score (nSPS) is 14.5. The first kappa shape index (κ1) is 19.8. The Kier molecular flexibility index (Phi) is 6.57. The van der Waals surface area contributed by atoms with E-state index in [-0.39, 0.29) is 12.1 Å². The standard InChI is InChI=1S/C21H28N4O3/c1-15(17-6-7-18(27-2)19(13-17)28-3)24-21(26)23-14-16-8-9-22-20(12-16)25-10-4-5-11-25/h6-9,12-13,15H,4-5,10-11,14H2,1-3H3,(H2,23,24,26). The van der Waals surface area contributed by atoms with Crippen LogP contribution in [-0.4, -0.2) is 38.3 Å². The third-order valence-corrected chi connectivity index (χ3v) is 4.95. The molecule has 1 aromatic heterocycles. The summed E-state index contributed by atoms with van der Waals surface area (Å²) in [5, 5.41) is 5.87. The number of nitrogens with zero attached hydrogens (tertiary/aromatic N) is 2. The molecule has 1 fully saturated rings. The van der Waals surface area contributed by atoms with Gasteiger partial charge in [-0.2, -0.15) is 0 Å². The Morgan fingerprint density at radius 3 is 2.61 bits per heavy atom. The molecule has 2 amide bonds. The van der Waals surface area contributed by atoms with Gasteiger partial charge in [0.25, 0.3) is 0 Å². The van der Waals surface area contributed by atoms with Gasteiger partial charge in [0.15, 0.2) is 11.5 Å². The second-order valence-electron chi connectivity index (χ2n) is 6.88. The van der Waals surface area contributed by atoms with E-state index in [9.17, 15) is 4.79 Å². The molecule has 2 heterocycles. The molecule has 7 nitrogen and oxygen atoms in total. The maximum Gasteiger partial charge on any atom is 0.315 e. The summed E-state index contributed by atoms with van der Waals surface area (Å²) in [7, 11) is 3.19. The lowest BCUT2D eigenvalue weighted by Crippen LogP contribution is -2.36. The van der Waals surface area contributed by atoms with Crippen molar-refractivity contribution in [3.63, 3.8) is 0 Å². The average Bonchev–Trinajstić information content (AvgIpc) is 3.27. The minimum Gasteiger partial charge on any atom is -0.493 e. The summed E-state index contributed by atoms with van der Waals surface area (Å²) >= 11 is 0. The third-order valence-electron chi connectivity index (χ3n) is 4.95. The zero-order valence-electron chi connectivity index (χ0n) is 16.7. The highest BCUT2D eigenvalue weighted by atomic mass is 16.5. The van der Waals surface area contributed by atoms with Gasteiger partial charge in [-0.3, -0.25) is 0 Å². The monoisotopic (exact) mass is 384 g/mol. The van der Waals surface area contributed by atoms with Crippen LogP contribution in [0.3, 0.4) is 0 Å². The van der Waals surface area contributed by atoms with Gasteiger partial charge in [0.1, 0.15) is 5.82 Å². The fraction of sp³-hybridized carbons (Fsp3) is 0.429. The van der Waals surface area contributed by atoms with Crippen LogP contribution in [0.4, 0.5) is 10.6 Å². The van der Waals surface area contributed by atoms with Crippen molar-refractivity contribution < 1.29 is 14.3 Å². The number of methoxy groups -OCH3 is 2. The van der Waals surface area contributed by atoms with Gasteiger partial charge in [-0.25, -0.2) is 9.78 Å². The van der Waals surface area contributed by atoms with E-state index < -0.39 is 0 Å². The molecule has 7 heteroatoms. The van der Waals surface area contributed by atoms with Crippen LogP contribution < -0.4 is 25.0 Å². The number of ether oxygens (including phenoxy) is 2. The first-order chi connectivity index (χ1) is 13.6. The first-order valence-electron chi connectivity index (χ1n) is 9.57. The second kappa shape index (κ2) is 9.30. The van der Waals surface area contributed by atoms with Crippen LogP contribution in [0.15, 0.2) is 36.5 Å². The van der Waals surface area contributed by atoms with Crippen LogP contribution in [0.25, 0.3) is 0 Å². The first-order valence-corrected chi connectivity index (χ1v) is 9.57. The molecule has 0 bridgehead atoms. The number of hydrogen-bond donors (Lipinski definition) is 2. The molecule has 1 atom stereocenters. The molecule has 1 aliphatic heterocycles. The molecular formula is C21H28N4O3. The highest BCUT2D eigenvalue weighted by molar-refractivity contribution is 5.74. The SMILES string of the molecule is COc1ccc(C(C)NC(=O)NCc2ccnc(N3CCCC3)c2)cc1OC. The molecule has 150 valence electrons. The highest BCUT2D eigenvalue weighted by Gasteiger charge is 2.15. The van der Waals surface area contributed by atoms with Crippen molar-refractivity contribution in [1.82, 2.24) is 15.6 Å². The summed E-state index contributed by atoms with van der Waals surface area (Å²) in [6, 6.07) is 9.20. The number of rotatable bonds is 7. The molecular weight excluding hydrogens is 356 g/mol. The number of hydrogen-bond acceptors (Lipinski definition) is 5. The van der Waals surface area contributed by atoms with E-state index in [1.807, 2.05) is 37.3 Å². The highest BCUT2D eigenvalue weighted by Crippen LogP contribution is 2.29. The number of carbonyl (C=O) groups is 1. The van der Waals surface area contributed by atoms with Crippen molar-refractivity contribution in [3.8, 4) is 11.5 Å². The van der Waals surface area contributed by atoms with Gasteiger partial charge in [0, 0.05) is 25.8 Å². The zero-order chi connectivity index (χ0) is 19.9. The fourth-order valence-corrected chi connectivity index (χ4v) is 3.33. The molecule has 0 saturated carbocycles. The number of aromatic nitrogens is 1. The Morgan fingerprint density at radius 1 is 1.14 bits per heavy atom. The van der Waals surface area contributed by atoms with Crippen molar-refractivity contribution in [2.75, 3.05) is 32.2 Å². The summed E-state index contributed by atoms with van der Waals surface area (Å²) in [6.45, 7) is 4.48. The van der Waals surface area contributed by atoms with Crippen LogP contribution in [-0.2, 0) is 6.54 Å². The van der Waals surface area contributed by atoms with Crippen LogP contribution in [0.5, 0.6) is 11.5 Å². The van der Waals surface area contributed by atoms with Gasteiger partial charge in [-0.1, -0.05) is 6.07 Å². The maximum absolute atomic E-state index is 12.3. The van der Waals surface area contributed by atoms with E-state index >= 15 is 0 Å². The van der Waals surface area contributed by atoms with Gasteiger partial charge < -0.3 is 25.0 Å². The number of pyridine rings is 1. The van der Waals surface area contributed by atoms with E-state index in [1.165, 1.54) is 12.8 Å². The number of urea groups is 1. The lowest BCUT2D eigenvalue weighted by atomic mass is 10.1. The van der Waals surface area contributed by atoms with Crippen molar-refractivity contribution in [3.05, 3.63) is 47.7 Å². The number of nitrogens with one attached hydrogen (secondary N) is 2. The molecule has 0 aliphatic carbocycles. The van der Waals surface area contributed by atoms with Crippen molar-refractivity contribution >= 4 is 11.8 Å². The summed E-state index contributed by atoms with van der Waals surface area (Å²) in [6.07, 6.45) is 4.22. The smallest absolute Gasteiger partial charge is 0.315 e. The van der Waals surface area contributed by atoms with Crippen LogP contribution in [0.2, 0.25) is 0 Å². The van der Waals surface area contributed by atoms with E-state index in [1.54, 1.807) is 20.4 Å². The number of carbonyl (C=O) groups excluding carboxylic acids is 1. The predicted molar refractivity (Wildman–Crippen MR) is 109 cm³/mol. The molecule has 1 saturated heterocycles. The van der Waals surface area contributed by atoms with Gasteiger partial charge in [0.05, 0.1) is 20.3 Å². The lowest BCUT2D eigenvalue weighted by molar-refractivity contribution is 0.237. The molecule has 28 heavy (non-hydrogen) atoms. The van der Waals surface area contributed by atoms with Crippen molar-refractivity contribution in [2.24, 2.45) is 0 Å². The molecule has 0 spiro atoms. The van der Waals surface area contributed by atoms with Crippen LogP contribution in [0, 0.1) is 0 Å². The average molecular weight is 384 g/mol. The Hall–Kier alpha value is -2.96. The van der Waals surface area contributed by atoms with Crippen LogP contribution >= 0.6 is 0 Å². The number of anilines is 1. The number of benzene rings is 1. The summed E-state index contributed by atoms with van der Waals surface area (Å²) < 4.78 is 10.6. The lowest BCUT2D eigenvalue weighted by Gasteiger charge is -2.18. The molecule has 3 rings (SSSR count). The topological polar surface area (TPSA) is 75.7 Å². The van der Waals surface area contributed by atoms with E-state index in [0.29, 0.717) is 18.0 Å². The quantitative estimate of drug-likeness (QED) is 0.766. The Morgan fingerprint density at radius 2 is 1.89 bits per heavy atom. The largest absolute Gasteiger partial charge is 0.493 e. The summed E-state index contributed by atoms with van der Waals surface area (Å²) in [5.41, 5.74) is 1.97. The third kappa shape index (κ3) is 4.85. The summed E-state index contributed by atoms with van der Waals surface area (Å²) in [5.74, 6) is 2.28.